The van der Waals surface area contributed by atoms with E-state index in [0.717, 1.165) is 30.7 Å². The van der Waals surface area contributed by atoms with E-state index in [1.165, 1.54) is 38.5 Å². The molecular weight excluding hydrogens is 402 g/mol. The van der Waals surface area contributed by atoms with E-state index in [1.807, 2.05) is 18.2 Å². The zero-order valence-electron chi connectivity index (χ0n) is 18.4. The third-order valence-electron chi connectivity index (χ3n) is 9.67. The van der Waals surface area contributed by atoms with Gasteiger partial charge >= 0.3 is 0 Å². The molecule has 5 fully saturated rings. The zero-order valence-corrected chi connectivity index (χ0v) is 18.4. The van der Waals surface area contributed by atoms with Crippen LogP contribution in [0, 0.1) is 28.6 Å². The Labute approximate surface area is 187 Å². The zero-order chi connectivity index (χ0) is 21.7. The van der Waals surface area contributed by atoms with Crippen LogP contribution in [0.3, 0.4) is 0 Å². The highest BCUT2D eigenvalue weighted by Crippen LogP contribution is 2.78. The summed E-state index contributed by atoms with van der Waals surface area (Å²) in [5, 5.41) is 3.28. The van der Waals surface area contributed by atoms with Crippen molar-refractivity contribution in [3.63, 3.8) is 0 Å². The molecule has 0 aromatic carbocycles. The molecule has 0 radical (unpaired) electrons. The van der Waals surface area contributed by atoms with Crippen molar-refractivity contribution in [2.24, 2.45) is 34.3 Å². The van der Waals surface area contributed by atoms with E-state index in [1.54, 1.807) is 15.5 Å². The summed E-state index contributed by atoms with van der Waals surface area (Å²) in [6.45, 7) is 2.00. The average Bonchev–Trinajstić information content (AvgIpc) is 3.49. The Morgan fingerprint density at radius 1 is 1.19 bits per heavy atom. The summed E-state index contributed by atoms with van der Waals surface area (Å²) < 4.78 is 1.76. The lowest BCUT2D eigenvalue weighted by Crippen LogP contribution is -2.43. The lowest BCUT2D eigenvalue weighted by atomic mass is 9.55. The third kappa shape index (κ3) is 2.54. The van der Waals surface area contributed by atoms with E-state index in [-0.39, 0.29) is 17.9 Å². The lowest BCUT2D eigenvalue weighted by Gasteiger charge is -2.49. The predicted octanol–water partition coefficient (Wildman–Crippen LogP) is 2.45. The lowest BCUT2D eigenvalue weighted by molar-refractivity contribution is -0.00254. The van der Waals surface area contributed by atoms with E-state index in [2.05, 4.69) is 10.3 Å². The molecule has 5 unspecified atom stereocenters. The molecule has 7 heteroatoms. The maximum Gasteiger partial charge on any atom is 0.274 e. The Morgan fingerprint density at radius 3 is 2.94 bits per heavy atom. The molecule has 5 aliphatic rings. The van der Waals surface area contributed by atoms with Crippen LogP contribution >= 0.6 is 0 Å². The molecule has 2 aromatic rings. The van der Waals surface area contributed by atoms with Crippen molar-refractivity contribution in [3.8, 4) is 0 Å². The van der Waals surface area contributed by atoms with Gasteiger partial charge < -0.3 is 16.0 Å². The number of likely N-dealkylation sites (tertiary alicyclic amines) is 1. The highest BCUT2D eigenvalue weighted by molar-refractivity contribution is 5.95. The van der Waals surface area contributed by atoms with Gasteiger partial charge in [-0.2, -0.15) is 0 Å². The minimum absolute atomic E-state index is 0.0346. The number of pyridine rings is 1. The summed E-state index contributed by atoms with van der Waals surface area (Å²) in [5.74, 6) is 2.57. The van der Waals surface area contributed by atoms with Crippen LogP contribution in [-0.2, 0) is 0 Å². The quantitative estimate of drug-likeness (QED) is 0.775. The number of amides is 2. The van der Waals surface area contributed by atoms with Crippen molar-refractivity contribution in [3.05, 3.63) is 35.8 Å². The highest BCUT2D eigenvalue weighted by Gasteiger charge is 2.70. The van der Waals surface area contributed by atoms with Gasteiger partial charge in [0.2, 0.25) is 0 Å². The van der Waals surface area contributed by atoms with Crippen LogP contribution in [-0.4, -0.2) is 51.8 Å². The standard InChI is InChI=1S/C25H31N5O2/c26-18-4-5-29(11-18)23(32)19-12-30-20(2-1-3-21(30)28-19)22(31)27-14-24-8-15-6-16-7-17(10-24)25(16,9-15)13-24/h1-3,12,15-18H,4-11,13-14,26H2,(H,27,31)/t15?,16?,17?,18-,24?,25?/m1/s1. The number of nitrogens with two attached hydrogens (primary N) is 1. The molecule has 3 N–H and O–H groups in total. The second-order valence-electron chi connectivity index (χ2n) is 11.5. The first-order valence-corrected chi connectivity index (χ1v) is 12.3. The Bertz CT molecular complexity index is 1140. The Kier molecular flexibility index (Phi) is 3.78. The first-order chi connectivity index (χ1) is 15.4. The summed E-state index contributed by atoms with van der Waals surface area (Å²) in [6, 6.07) is 5.54. The van der Waals surface area contributed by atoms with Gasteiger partial charge in [0.05, 0.1) is 0 Å². The Hall–Kier alpha value is -2.41. The average molecular weight is 434 g/mol. The van der Waals surface area contributed by atoms with Crippen LogP contribution in [0.2, 0.25) is 0 Å². The smallest absolute Gasteiger partial charge is 0.274 e. The van der Waals surface area contributed by atoms with Crippen molar-refractivity contribution in [2.75, 3.05) is 19.6 Å². The molecule has 4 saturated carbocycles. The minimum atomic E-state index is -0.111. The number of nitrogens with zero attached hydrogens (tertiary/aromatic N) is 3. The van der Waals surface area contributed by atoms with E-state index in [9.17, 15) is 9.59 Å². The number of imidazole rings is 1. The summed E-state index contributed by atoms with van der Waals surface area (Å²) >= 11 is 0. The molecule has 1 spiro atoms. The van der Waals surface area contributed by atoms with Crippen LogP contribution in [0.4, 0.5) is 0 Å². The SMILES string of the molecule is N[C@@H]1CCN(C(=O)c2cn3c(C(=O)NCC45CC6CC7CC(C4)C7(C6)C5)cccc3n2)C1. The second kappa shape index (κ2) is 6.34. The summed E-state index contributed by atoms with van der Waals surface area (Å²) in [6.07, 6.45) is 10.7. The number of rotatable bonds is 4. The fourth-order valence-corrected chi connectivity index (χ4v) is 8.53. The summed E-state index contributed by atoms with van der Waals surface area (Å²) in [7, 11) is 0. The van der Waals surface area contributed by atoms with Gasteiger partial charge in [0.25, 0.3) is 11.8 Å². The van der Waals surface area contributed by atoms with Gasteiger partial charge in [-0.05, 0) is 85.7 Å². The number of hydrogen-bond acceptors (Lipinski definition) is 4. The highest BCUT2D eigenvalue weighted by atomic mass is 16.2. The fraction of sp³-hybridized carbons (Fsp3) is 0.640. The molecule has 3 heterocycles. The van der Waals surface area contributed by atoms with Gasteiger partial charge in [0.1, 0.15) is 17.0 Å². The molecule has 7 rings (SSSR count). The van der Waals surface area contributed by atoms with Crippen molar-refractivity contribution < 1.29 is 9.59 Å². The largest absolute Gasteiger partial charge is 0.350 e. The maximum absolute atomic E-state index is 13.2. The predicted molar refractivity (Wildman–Crippen MR) is 119 cm³/mol. The maximum atomic E-state index is 13.2. The van der Waals surface area contributed by atoms with Gasteiger partial charge in [0, 0.05) is 31.9 Å². The van der Waals surface area contributed by atoms with Crippen molar-refractivity contribution in [1.82, 2.24) is 19.6 Å². The van der Waals surface area contributed by atoms with E-state index < -0.39 is 0 Å². The molecule has 32 heavy (non-hydrogen) atoms. The van der Waals surface area contributed by atoms with Crippen molar-refractivity contribution in [2.45, 2.75) is 51.0 Å². The number of carbonyl (C=O) groups excluding carboxylic acids is 2. The molecule has 3 bridgehead atoms. The third-order valence-corrected chi connectivity index (χ3v) is 9.67. The number of hydrogen-bond donors (Lipinski definition) is 2. The molecule has 1 aliphatic heterocycles. The number of aromatic nitrogens is 2. The molecule has 4 aliphatic carbocycles. The van der Waals surface area contributed by atoms with Gasteiger partial charge in [0.15, 0.2) is 0 Å². The molecule has 1 saturated heterocycles. The van der Waals surface area contributed by atoms with E-state index in [0.29, 0.717) is 41.0 Å². The second-order valence-corrected chi connectivity index (χ2v) is 11.5. The van der Waals surface area contributed by atoms with Gasteiger partial charge in [-0.15, -0.1) is 0 Å². The van der Waals surface area contributed by atoms with Gasteiger partial charge in [-0.3, -0.25) is 14.0 Å². The van der Waals surface area contributed by atoms with Crippen LogP contribution in [0.25, 0.3) is 5.65 Å². The normalized spacial score (nSPS) is 38.8. The van der Waals surface area contributed by atoms with Crippen LogP contribution in [0.1, 0.15) is 65.9 Å². The summed E-state index contributed by atoms with van der Waals surface area (Å²) in [5.41, 5.74) is 8.43. The Balaban J connectivity index is 1.11. The summed E-state index contributed by atoms with van der Waals surface area (Å²) in [4.78, 5) is 32.4. The van der Waals surface area contributed by atoms with E-state index >= 15 is 0 Å². The van der Waals surface area contributed by atoms with Gasteiger partial charge in [-0.1, -0.05) is 6.07 Å². The molecule has 7 nitrogen and oxygen atoms in total. The monoisotopic (exact) mass is 433 g/mol. The van der Waals surface area contributed by atoms with Crippen molar-refractivity contribution >= 4 is 17.5 Å². The molecule has 168 valence electrons. The molecule has 2 amide bonds. The Morgan fingerprint density at radius 2 is 2.09 bits per heavy atom. The number of fused-ring (bicyclic) bond motifs is 3. The van der Waals surface area contributed by atoms with Crippen molar-refractivity contribution in [1.29, 1.82) is 0 Å². The van der Waals surface area contributed by atoms with Gasteiger partial charge in [-0.25, -0.2) is 4.98 Å². The number of nitrogens with one attached hydrogen (secondary N) is 1. The van der Waals surface area contributed by atoms with Crippen LogP contribution in [0.5, 0.6) is 0 Å². The first kappa shape index (κ1) is 19.1. The number of carbonyl (C=O) groups is 2. The van der Waals surface area contributed by atoms with E-state index in [4.69, 9.17) is 5.73 Å². The minimum Gasteiger partial charge on any atom is -0.350 e. The molecule has 2 aromatic heterocycles. The van der Waals surface area contributed by atoms with Crippen LogP contribution < -0.4 is 11.1 Å². The first-order valence-electron chi connectivity index (χ1n) is 12.3. The topological polar surface area (TPSA) is 92.7 Å². The van der Waals surface area contributed by atoms with Crippen LogP contribution in [0.15, 0.2) is 24.4 Å². The fourth-order valence-electron chi connectivity index (χ4n) is 8.53. The molecule has 6 atom stereocenters. The molecular formula is C25H31N5O2.